The number of thioether (sulfide) groups is 1. The minimum atomic E-state index is -0.232. The summed E-state index contributed by atoms with van der Waals surface area (Å²) in [7, 11) is 0. The summed E-state index contributed by atoms with van der Waals surface area (Å²) in [6, 6.07) is 14.4. The standard InChI is InChI=1S/C23H25FN2OS/c1-15-7-6-8-19(16(15)2)27-21-13-20(23(3,4)5)25-22(26-21)28-14-17-9-11-18(24)12-10-17/h6-13H,14H2,1-5H3. The molecule has 0 amide bonds. The van der Waals surface area contributed by atoms with E-state index in [9.17, 15) is 4.39 Å². The van der Waals surface area contributed by atoms with Crippen LogP contribution in [0.15, 0.2) is 53.7 Å². The minimum Gasteiger partial charge on any atom is -0.439 e. The fraction of sp³-hybridized carbons (Fsp3) is 0.304. The fourth-order valence-corrected chi connectivity index (χ4v) is 3.39. The first-order chi connectivity index (χ1) is 13.2. The Bertz CT molecular complexity index is 965. The van der Waals surface area contributed by atoms with Crippen molar-refractivity contribution in [1.82, 2.24) is 9.97 Å². The van der Waals surface area contributed by atoms with Crippen LogP contribution in [0.4, 0.5) is 4.39 Å². The smallest absolute Gasteiger partial charge is 0.223 e. The molecule has 3 aromatic rings. The summed E-state index contributed by atoms with van der Waals surface area (Å²) in [4.78, 5) is 9.32. The van der Waals surface area contributed by atoms with Crippen LogP contribution in [0, 0.1) is 19.7 Å². The first-order valence-corrected chi connectivity index (χ1v) is 10.2. The van der Waals surface area contributed by atoms with Crippen molar-refractivity contribution in [2.24, 2.45) is 0 Å². The molecule has 0 N–H and O–H groups in total. The van der Waals surface area contributed by atoms with Crippen LogP contribution in [-0.2, 0) is 11.2 Å². The van der Waals surface area contributed by atoms with Crippen molar-refractivity contribution in [3.8, 4) is 11.6 Å². The summed E-state index contributed by atoms with van der Waals surface area (Å²) in [6.07, 6.45) is 0. The summed E-state index contributed by atoms with van der Waals surface area (Å²) >= 11 is 1.52. The zero-order valence-corrected chi connectivity index (χ0v) is 17.7. The molecule has 0 fully saturated rings. The van der Waals surface area contributed by atoms with Crippen molar-refractivity contribution in [3.63, 3.8) is 0 Å². The highest BCUT2D eigenvalue weighted by Gasteiger charge is 2.19. The van der Waals surface area contributed by atoms with E-state index in [1.807, 2.05) is 25.1 Å². The number of nitrogens with zero attached hydrogens (tertiary/aromatic N) is 2. The highest BCUT2D eigenvalue weighted by Crippen LogP contribution is 2.31. The van der Waals surface area contributed by atoms with Crippen molar-refractivity contribution < 1.29 is 9.13 Å². The van der Waals surface area contributed by atoms with Gasteiger partial charge in [0, 0.05) is 17.2 Å². The van der Waals surface area contributed by atoms with Gasteiger partial charge in [0.2, 0.25) is 5.88 Å². The lowest BCUT2D eigenvalue weighted by molar-refractivity contribution is 0.443. The van der Waals surface area contributed by atoms with Crippen LogP contribution in [0.2, 0.25) is 0 Å². The van der Waals surface area contributed by atoms with Crippen LogP contribution in [0.1, 0.15) is 43.2 Å². The summed E-state index contributed by atoms with van der Waals surface area (Å²) in [6.45, 7) is 10.5. The molecule has 0 atom stereocenters. The van der Waals surface area contributed by atoms with Gasteiger partial charge in [0.15, 0.2) is 5.16 Å². The van der Waals surface area contributed by atoms with E-state index < -0.39 is 0 Å². The van der Waals surface area contributed by atoms with Crippen LogP contribution < -0.4 is 4.74 Å². The van der Waals surface area contributed by atoms with E-state index in [1.165, 1.54) is 29.5 Å². The van der Waals surface area contributed by atoms with Crippen molar-refractivity contribution in [3.05, 3.63) is 76.7 Å². The van der Waals surface area contributed by atoms with Gasteiger partial charge in [-0.3, -0.25) is 0 Å². The molecule has 0 unspecified atom stereocenters. The Morgan fingerprint density at radius 1 is 1.00 bits per heavy atom. The van der Waals surface area contributed by atoms with E-state index in [4.69, 9.17) is 9.72 Å². The number of aromatic nitrogens is 2. The van der Waals surface area contributed by atoms with Crippen molar-refractivity contribution in [2.75, 3.05) is 0 Å². The molecule has 1 heterocycles. The Balaban J connectivity index is 1.88. The monoisotopic (exact) mass is 396 g/mol. The average Bonchev–Trinajstić information content (AvgIpc) is 2.64. The van der Waals surface area contributed by atoms with E-state index >= 15 is 0 Å². The number of hydrogen-bond acceptors (Lipinski definition) is 4. The lowest BCUT2D eigenvalue weighted by Gasteiger charge is -2.19. The number of halogens is 1. The number of aryl methyl sites for hydroxylation is 1. The van der Waals surface area contributed by atoms with E-state index in [2.05, 4.69) is 38.7 Å². The van der Waals surface area contributed by atoms with Gasteiger partial charge >= 0.3 is 0 Å². The molecule has 2 aromatic carbocycles. The van der Waals surface area contributed by atoms with Crippen LogP contribution >= 0.6 is 11.8 Å². The minimum absolute atomic E-state index is 0.131. The Morgan fingerprint density at radius 3 is 2.39 bits per heavy atom. The topological polar surface area (TPSA) is 35.0 Å². The molecular formula is C23H25FN2OS. The third kappa shape index (κ3) is 5.10. The first kappa shape index (κ1) is 20.3. The summed E-state index contributed by atoms with van der Waals surface area (Å²) in [5.41, 5.74) is 4.08. The molecule has 28 heavy (non-hydrogen) atoms. The van der Waals surface area contributed by atoms with Crippen LogP contribution in [-0.4, -0.2) is 9.97 Å². The predicted molar refractivity (Wildman–Crippen MR) is 113 cm³/mol. The van der Waals surface area contributed by atoms with Crippen molar-refractivity contribution in [2.45, 2.75) is 50.9 Å². The van der Waals surface area contributed by atoms with Gasteiger partial charge in [0.1, 0.15) is 11.6 Å². The normalized spacial score (nSPS) is 11.5. The van der Waals surface area contributed by atoms with Gasteiger partial charge in [0.05, 0.1) is 5.69 Å². The largest absolute Gasteiger partial charge is 0.439 e. The highest BCUT2D eigenvalue weighted by atomic mass is 32.2. The number of hydrogen-bond donors (Lipinski definition) is 0. The summed E-state index contributed by atoms with van der Waals surface area (Å²) in [5, 5.41) is 0.650. The molecule has 0 aliphatic rings. The molecule has 0 saturated carbocycles. The molecule has 0 saturated heterocycles. The highest BCUT2D eigenvalue weighted by molar-refractivity contribution is 7.98. The number of rotatable bonds is 5. The second-order valence-corrected chi connectivity index (χ2v) is 8.78. The molecule has 1 aromatic heterocycles. The average molecular weight is 397 g/mol. The predicted octanol–water partition coefficient (Wildman–Crippen LogP) is 6.61. The van der Waals surface area contributed by atoms with Crippen LogP contribution in [0.25, 0.3) is 0 Å². The number of ether oxygens (including phenoxy) is 1. The summed E-state index contributed by atoms with van der Waals surface area (Å²) < 4.78 is 19.2. The molecule has 146 valence electrons. The Kier molecular flexibility index (Phi) is 6.04. The molecule has 0 aliphatic carbocycles. The van der Waals surface area contributed by atoms with Gasteiger partial charge < -0.3 is 4.74 Å². The SMILES string of the molecule is Cc1cccc(Oc2cc(C(C)(C)C)nc(SCc3ccc(F)cc3)n2)c1C. The molecule has 5 heteroatoms. The molecule has 3 nitrogen and oxygen atoms in total. The quantitative estimate of drug-likeness (QED) is 0.359. The number of benzene rings is 2. The van der Waals surface area contributed by atoms with E-state index in [0.29, 0.717) is 16.8 Å². The third-order valence-corrected chi connectivity index (χ3v) is 5.42. The van der Waals surface area contributed by atoms with Gasteiger partial charge in [-0.05, 0) is 48.7 Å². The Hall–Kier alpha value is -2.40. The maximum absolute atomic E-state index is 13.1. The van der Waals surface area contributed by atoms with Crippen LogP contribution in [0.5, 0.6) is 11.6 Å². The van der Waals surface area contributed by atoms with Crippen LogP contribution in [0.3, 0.4) is 0 Å². The molecule has 0 bridgehead atoms. The maximum Gasteiger partial charge on any atom is 0.223 e. The second kappa shape index (κ2) is 8.31. The zero-order valence-electron chi connectivity index (χ0n) is 16.9. The Labute approximate surface area is 170 Å². The summed E-state index contributed by atoms with van der Waals surface area (Å²) in [5.74, 6) is 1.77. The molecule has 3 rings (SSSR count). The van der Waals surface area contributed by atoms with Gasteiger partial charge in [0.25, 0.3) is 0 Å². The zero-order chi connectivity index (χ0) is 20.3. The molecule has 0 radical (unpaired) electrons. The lowest BCUT2D eigenvalue weighted by atomic mass is 9.92. The molecular weight excluding hydrogens is 371 g/mol. The van der Waals surface area contributed by atoms with Gasteiger partial charge in [-0.25, -0.2) is 9.37 Å². The van der Waals surface area contributed by atoms with E-state index in [-0.39, 0.29) is 11.2 Å². The second-order valence-electron chi connectivity index (χ2n) is 7.84. The van der Waals surface area contributed by atoms with Crippen molar-refractivity contribution >= 4 is 11.8 Å². The lowest BCUT2D eigenvalue weighted by Crippen LogP contribution is -2.14. The van der Waals surface area contributed by atoms with Gasteiger partial charge in [-0.1, -0.05) is 56.8 Å². The van der Waals surface area contributed by atoms with Gasteiger partial charge in [-0.15, -0.1) is 0 Å². The fourth-order valence-electron chi connectivity index (χ4n) is 2.58. The van der Waals surface area contributed by atoms with E-state index in [1.54, 1.807) is 12.1 Å². The third-order valence-electron chi connectivity index (χ3n) is 4.50. The molecule has 0 spiro atoms. The van der Waals surface area contributed by atoms with Gasteiger partial charge in [-0.2, -0.15) is 4.98 Å². The molecule has 0 aliphatic heterocycles. The van der Waals surface area contributed by atoms with Crippen molar-refractivity contribution in [1.29, 1.82) is 0 Å². The maximum atomic E-state index is 13.1. The van der Waals surface area contributed by atoms with E-state index in [0.717, 1.165) is 22.6 Å². The first-order valence-electron chi connectivity index (χ1n) is 9.23. The Morgan fingerprint density at radius 2 is 1.71 bits per heavy atom.